The van der Waals surface area contributed by atoms with Gasteiger partial charge in [-0.25, -0.2) is 0 Å². The summed E-state index contributed by atoms with van der Waals surface area (Å²) >= 11 is 0. The zero-order valence-corrected chi connectivity index (χ0v) is 18.5. The topological polar surface area (TPSA) is 71.0 Å². The predicted molar refractivity (Wildman–Crippen MR) is 127 cm³/mol. The summed E-state index contributed by atoms with van der Waals surface area (Å²) < 4.78 is 10.9. The van der Waals surface area contributed by atoms with E-state index in [0.29, 0.717) is 24.5 Å². The van der Waals surface area contributed by atoms with Crippen LogP contribution in [0.15, 0.2) is 78.9 Å². The quantitative estimate of drug-likeness (QED) is 0.476. The molecule has 0 aliphatic rings. The molecule has 0 fully saturated rings. The molecule has 6 heteroatoms. The number of methoxy groups -OCH3 is 1. The van der Waals surface area contributed by atoms with Gasteiger partial charge < -0.3 is 19.9 Å². The van der Waals surface area contributed by atoms with Gasteiger partial charge >= 0.3 is 0 Å². The average Bonchev–Trinajstić information content (AvgIpc) is 2.83. The minimum atomic E-state index is -0.711. The molecule has 3 aromatic rings. The number of rotatable bonds is 11. The van der Waals surface area contributed by atoms with Crippen molar-refractivity contribution >= 4 is 11.6 Å². The van der Waals surface area contributed by atoms with Gasteiger partial charge in [-0.15, -0.1) is 0 Å². The zero-order chi connectivity index (χ0) is 22.8. The molecule has 2 N–H and O–H groups in total. The summed E-state index contributed by atoms with van der Waals surface area (Å²) in [7, 11) is 1.60. The SMILES string of the molecule is CCN(CC(=O)Nc1ccc(OC)cc1)CC(O)COc1ccc(-c2ccccc2)cc1. The molecule has 0 saturated carbocycles. The lowest BCUT2D eigenvalue weighted by molar-refractivity contribution is -0.117. The van der Waals surface area contributed by atoms with E-state index in [1.165, 1.54) is 0 Å². The molecule has 0 heterocycles. The van der Waals surface area contributed by atoms with Crippen LogP contribution in [-0.4, -0.2) is 55.4 Å². The summed E-state index contributed by atoms with van der Waals surface area (Å²) in [5.74, 6) is 1.29. The molecular weight excluding hydrogens is 404 g/mol. The Labute approximate surface area is 189 Å². The van der Waals surface area contributed by atoms with Crippen molar-refractivity contribution in [2.24, 2.45) is 0 Å². The van der Waals surface area contributed by atoms with Crippen LogP contribution >= 0.6 is 0 Å². The van der Waals surface area contributed by atoms with E-state index in [9.17, 15) is 9.90 Å². The summed E-state index contributed by atoms with van der Waals surface area (Å²) in [6.45, 7) is 3.27. The Kier molecular flexibility index (Phi) is 8.66. The third kappa shape index (κ3) is 7.11. The van der Waals surface area contributed by atoms with Crippen LogP contribution in [0.4, 0.5) is 5.69 Å². The van der Waals surface area contributed by atoms with Gasteiger partial charge in [0.25, 0.3) is 0 Å². The number of anilines is 1. The second kappa shape index (κ2) is 11.9. The molecule has 0 aliphatic carbocycles. The second-order valence-corrected chi connectivity index (χ2v) is 7.46. The van der Waals surface area contributed by atoms with E-state index in [0.717, 1.165) is 16.9 Å². The molecule has 3 rings (SSSR count). The molecule has 0 bridgehead atoms. The standard InChI is InChI=1S/C26H30N2O4/c1-3-28(18-26(30)27-22-11-15-24(31-2)16-12-22)17-23(29)19-32-25-13-9-21(10-14-25)20-7-5-4-6-8-20/h4-16,23,29H,3,17-19H2,1-2H3,(H,27,30). The molecule has 0 saturated heterocycles. The molecule has 1 atom stereocenters. The number of hydrogen-bond donors (Lipinski definition) is 2. The highest BCUT2D eigenvalue weighted by Crippen LogP contribution is 2.22. The predicted octanol–water partition coefficient (Wildman–Crippen LogP) is 4.06. The lowest BCUT2D eigenvalue weighted by Gasteiger charge is -2.23. The first-order valence-electron chi connectivity index (χ1n) is 10.7. The van der Waals surface area contributed by atoms with E-state index in [2.05, 4.69) is 17.4 Å². The van der Waals surface area contributed by atoms with Gasteiger partial charge in [0.2, 0.25) is 5.91 Å². The van der Waals surface area contributed by atoms with Gasteiger partial charge in [-0.1, -0.05) is 49.4 Å². The number of amides is 1. The Hall–Kier alpha value is -3.35. The largest absolute Gasteiger partial charge is 0.497 e. The number of nitrogens with one attached hydrogen (secondary N) is 1. The zero-order valence-electron chi connectivity index (χ0n) is 18.5. The first-order valence-corrected chi connectivity index (χ1v) is 10.7. The van der Waals surface area contributed by atoms with Crippen molar-refractivity contribution in [3.63, 3.8) is 0 Å². The van der Waals surface area contributed by atoms with Crippen molar-refractivity contribution in [2.75, 3.05) is 38.7 Å². The number of ether oxygens (including phenoxy) is 2. The molecule has 0 radical (unpaired) electrons. The number of aliphatic hydroxyl groups excluding tert-OH is 1. The van der Waals surface area contributed by atoms with Crippen molar-refractivity contribution in [1.82, 2.24) is 4.90 Å². The van der Waals surface area contributed by atoms with Crippen LogP contribution in [0, 0.1) is 0 Å². The van der Waals surface area contributed by atoms with Gasteiger partial charge in [0.05, 0.1) is 13.7 Å². The molecule has 3 aromatic carbocycles. The number of hydrogen-bond acceptors (Lipinski definition) is 5. The van der Waals surface area contributed by atoms with Gasteiger partial charge in [-0.2, -0.15) is 0 Å². The number of carbonyl (C=O) groups excluding carboxylic acids is 1. The Morgan fingerprint density at radius 1 is 0.938 bits per heavy atom. The van der Waals surface area contributed by atoms with Crippen LogP contribution < -0.4 is 14.8 Å². The maximum atomic E-state index is 12.3. The first-order chi connectivity index (χ1) is 15.6. The van der Waals surface area contributed by atoms with Crippen molar-refractivity contribution in [1.29, 1.82) is 0 Å². The summed E-state index contributed by atoms with van der Waals surface area (Å²) in [5, 5.41) is 13.3. The number of nitrogens with zero attached hydrogens (tertiary/aromatic N) is 1. The Morgan fingerprint density at radius 3 is 2.19 bits per heavy atom. The van der Waals surface area contributed by atoms with E-state index in [1.807, 2.05) is 54.3 Å². The molecule has 1 unspecified atom stereocenters. The van der Waals surface area contributed by atoms with Crippen LogP contribution in [0.2, 0.25) is 0 Å². The molecular formula is C26H30N2O4. The molecule has 168 valence electrons. The van der Waals surface area contributed by atoms with Crippen molar-refractivity contribution in [3.8, 4) is 22.6 Å². The Bertz CT molecular complexity index is 959. The van der Waals surface area contributed by atoms with E-state index in [1.54, 1.807) is 31.4 Å². The molecule has 32 heavy (non-hydrogen) atoms. The third-order valence-corrected chi connectivity index (χ3v) is 5.06. The highest BCUT2D eigenvalue weighted by Gasteiger charge is 2.15. The normalized spacial score (nSPS) is 11.8. The fraction of sp³-hybridized carbons (Fsp3) is 0.269. The Morgan fingerprint density at radius 2 is 1.56 bits per heavy atom. The molecule has 6 nitrogen and oxygen atoms in total. The number of likely N-dealkylation sites (N-methyl/N-ethyl adjacent to an activating group) is 1. The average molecular weight is 435 g/mol. The van der Waals surface area contributed by atoms with Gasteiger partial charge in [-0.3, -0.25) is 9.69 Å². The summed E-state index contributed by atoms with van der Waals surface area (Å²) in [6.07, 6.45) is -0.711. The molecule has 0 spiro atoms. The van der Waals surface area contributed by atoms with Crippen molar-refractivity contribution in [2.45, 2.75) is 13.0 Å². The number of carbonyl (C=O) groups is 1. The van der Waals surface area contributed by atoms with Crippen molar-refractivity contribution < 1.29 is 19.4 Å². The van der Waals surface area contributed by atoms with Gasteiger partial charge in [-0.05, 0) is 54.1 Å². The van der Waals surface area contributed by atoms with E-state index in [4.69, 9.17) is 9.47 Å². The van der Waals surface area contributed by atoms with E-state index in [-0.39, 0.29) is 19.1 Å². The number of benzene rings is 3. The fourth-order valence-electron chi connectivity index (χ4n) is 3.30. The molecule has 0 aromatic heterocycles. The van der Waals surface area contributed by atoms with Crippen LogP contribution in [0.3, 0.4) is 0 Å². The lowest BCUT2D eigenvalue weighted by Crippen LogP contribution is -2.40. The minimum absolute atomic E-state index is 0.137. The molecule has 0 aliphatic heterocycles. The Balaban J connectivity index is 1.44. The summed E-state index contributed by atoms with van der Waals surface area (Å²) in [5.41, 5.74) is 2.96. The highest BCUT2D eigenvalue weighted by atomic mass is 16.5. The maximum Gasteiger partial charge on any atom is 0.238 e. The molecule has 1 amide bonds. The van der Waals surface area contributed by atoms with Crippen LogP contribution in [0.25, 0.3) is 11.1 Å². The smallest absolute Gasteiger partial charge is 0.238 e. The summed E-state index contributed by atoms with van der Waals surface area (Å²) in [6, 6.07) is 25.1. The van der Waals surface area contributed by atoms with Crippen LogP contribution in [0.5, 0.6) is 11.5 Å². The van der Waals surface area contributed by atoms with Gasteiger partial charge in [0, 0.05) is 12.2 Å². The second-order valence-electron chi connectivity index (χ2n) is 7.46. The lowest BCUT2D eigenvalue weighted by atomic mass is 10.1. The maximum absolute atomic E-state index is 12.3. The minimum Gasteiger partial charge on any atom is -0.497 e. The fourth-order valence-corrected chi connectivity index (χ4v) is 3.30. The van der Waals surface area contributed by atoms with E-state index < -0.39 is 6.10 Å². The van der Waals surface area contributed by atoms with Gasteiger partial charge in [0.15, 0.2) is 0 Å². The van der Waals surface area contributed by atoms with Crippen molar-refractivity contribution in [3.05, 3.63) is 78.9 Å². The van der Waals surface area contributed by atoms with Gasteiger partial charge in [0.1, 0.15) is 24.2 Å². The monoisotopic (exact) mass is 434 g/mol. The number of aliphatic hydroxyl groups is 1. The summed E-state index contributed by atoms with van der Waals surface area (Å²) in [4.78, 5) is 14.2. The highest BCUT2D eigenvalue weighted by molar-refractivity contribution is 5.92. The first kappa shape index (κ1) is 23.3. The van der Waals surface area contributed by atoms with E-state index >= 15 is 0 Å². The third-order valence-electron chi connectivity index (χ3n) is 5.06. The van der Waals surface area contributed by atoms with Crippen LogP contribution in [-0.2, 0) is 4.79 Å². The van der Waals surface area contributed by atoms with Crippen LogP contribution in [0.1, 0.15) is 6.92 Å².